The standard InChI is InChI=1S/C26H34FN3O5.Na/c1-16(2)24-22(13-12-20(31)14-21(32)15-23(33)34)30(19-10-8-17(27)9-11-19)29-25(24)26(35)28-18-6-4-3-5-7-18;/h8-13,16,18,20-21,31-32H,3-7,14-15H2,1-2H3,(H,28,35)(H,33,34);/q;+1/p-1/t20-,21+;/m0./s1. The number of carbonyl (C=O) groups excluding carboxylic acids is 2. The molecule has 0 bridgehead atoms. The molecule has 3 rings (SSSR count). The van der Waals surface area contributed by atoms with Gasteiger partial charge in [-0.1, -0.05) is 39.2 Å². The van der Waals surface area contributed by atoms with Gasteiger partial charge >= 0.3 is 29.6 Å². The van der Waals surface area contributed by atoms with E-state index in [2.05, 4.69) is 10.4 Å². The minimum Gasteiger partial charge on any atom is -0.550 e. The Morgan fingerprint density at radius 2 is 1.83 bits per heavy atom. The van der Waals surface area contributed by atoms with Crippen LogP contribution in [-0.4, -0.2) is 50.1 Å². The molecular weight excluding hydrogens is 476 g/mol. The van der Waals surface area contributed by atoms with Gasteiger partial charge in [0.1, 0.15) is 5.82 Å². The van der Waals surface area contributed by atoms with Crippen molar-refractivity contribution in [3.63, 3.8) is 0 Å². The number of amides is 1. The molecular formula is C26H33FN3NaO5. The van der Waals surface area contributed by atoms with Crippen LogP contribution < -0.4 is 40.0 Å². The molecule has 1 saturated carbocycles. The first kappa shape index (κ1) is 30.2. The van der Waals surface area contributed by atoms with Gasteiger partial charge in [0.05, 0.1) is 23.6 Å². The number of halogens is 1. The van der Waals surface area contributed by atoms with Crippen LogP contribution in [0.15, 0.2) is 30.3 Å². The number of rotatable bonds is 10. The molecule has 1 aromatic carbocycles. The Balaban J connectivity index is 0.00000456. The van der Waals surface area contributed by atoms with Crippen LogP contribution in [-0.2, 0) is 4.79 Å². The van der Waals surface area contributed by atoms with Crippen LogP contribution in [0.25, 0.3) is 11.8 Å². The van der Waals surface area contributed by atoms with Crippen LogP contribution in [0.4, 0.5) is 4.39 Å². The Labute approximate surface area is 232 Å². The number of carboxylic acid groups (broad SMARTS) is 1. The molecule has 1 fully saturated rings. The van der Waals surface area contributed by atoms with Gasteiger partial charge in [-0.15, -0.1) is 0 Å². The molecule has 2 atom stereocenters. The quantitative estimate of drug-likeness (QED) is 0.370. The summed E-state index contributed by atoms with van der Waals surface area (Å²) in [6, 6.07) is 5.79. The summed E-state index contributed by atoms with van der Waals surface area (Å²) in [7, 11) is 0. The molecule has 0 aliphatic heterocycles. The van der Waals surface area contributed by atoms with E-state index in [1.54, 1.807) is 18.2 Å². The fourth-order valence-corrected chi connectivity index (χ4v) is 4.46. The molecule has 3 N–H and O–H groups in total. The zero-order valence-corrected chi connectivity index (χ0v) is 23.1. The minimum absolute atomic E-state index is 0. The summed E-state index contributed by atoms with van der Waals surface area (Å²) >= 11 is 0. The van der Waals surface area contributed by atoms with E-state index in [0.29, 0.717) is 16.9 Å². The van der Waals surface area contributed by atoms with E-state index in [0.717, 1.165) is 32.1 Å². The maximum Gasteiger partial charge on any atom is 1.00 e. The number of benzene rings is 1. The molecule has 1 aliphatic carbocycles. The second kappa shape index (κ2) is 14.0. The Kier molecular flexibility index (Phi) is 11.8. The van der Waals surface area contributed by atoms with Crippen LogP contribution in [0.3, 0.4) is 0 Å². The number of nitrogens with one attached hydrogen (secondary N) is 1. The molecule has 0 spiro atoms. The third kappa shape index (κ3) is 8.24. The minimum atomic E-state index is -1.40. The average molecular weight is 510 g/mol. The van der Waals surface area contributed by atoms with Crippen molar-refractivity contribution in [3.05, 3.63) is 53.1 Å². The van der Waals surface area contributed by atoms with E-state index in [1.807, 2.05) is 13.8 Å². The SMILES string of the molecule is CC(C)c1c(C(=O)NC2CCCCC2)nn(-c2ccc(F)cc2)c1C=C[C@H](O)C[C@@H](O)CC(=O)[O-].[Na+]. The van der Waals surface area contributed by atoms with Gasteiger partial charge < -0.3 is 25.4 Å². The monoisotopic (exact) mass is 509 g/mol. The summed E-state index contributed by atoms with van der Waals surface area (Å²) in [5, 5.41) is 38.5. The van der Waals surface area contributed by atoms with Crippen molar-refractivity contribution in [1.82, 2.24) is 15.1 Å². The van der Waals surface area contributed by atoms with Crippen molar-refractivity contribution in [2.45, 2.75) is 83.0 Å². The Morgan fingerprint density at radius 3 is 2.42 bits per heavy atom. The molecule has 0 unspecified atom stereocenters. The van der Waals surface area contributed by atoms with E-state index in [-0.39, 0.29) is 59.5 Å². The van der Waals surface area contributed by atoms with Crippen molar-refractivity contribution in [3.8, 4) is 5.69 Å². The number of hydrogen-bond donors (Lipinski definition) is 3. The van der Waals surface area contributed by atoms with Gasteiger partial charge in [-0.2, -0.15) is 5.10 Å². The molecule has 1 aliphatic rings. The maximum absolute atomic E-state index is 13.6. The molecule has 1 aromatic heterocycles. The van der Waals surface area contributed by atoms with Crippen LogP contribution in [0.5, 0.6) is 0 Å². The molecule has 36 heavy (non-hydrogen) atoms. The number of aliphatic carboxylic acids is 1. The van der Waals surface area contributed by atoms with E-state index in [4.69, 9.17) is 0 Å². The Morgan fingerprint density at radius 1 is 1.19 bits per heavy atom. The van der Waals surface area contributed by atoms with Crippen molar-refractivity contribution in [2.75, 3.05) is 0 Å². The summed E-state index contributed by atoms with van der Waals surface area (Å²) in [5.41, 5.74) is 2.01. The van der Waals surface area contributed by atoms with Crippen molar-refractivity contribution >= 4 is 18.0 Å². The van der Waals surface area contributed by atoms with Crippen LogP contribution >= 0.6 is 0 Å². The van der Waals surface area contributed by atoms with Gasteiger partial charge in [-0.05, 0) is 49.1 Å². The first-order valence-corrected chi connectivity index (χ1v) is 12.1. The molecule has 0 saturated heterocycles. The van der Waals surface area contributed by atoms with E-state index in [9.17, 15) is 29.3 Å². The van der Waals surface area contributed by atoms with Crippen LogP contribution in [0, 0.1) is 5.82 Å². The second-order valence-electron chi connectivity index (χ2n) is 9.39. The number of aromatic nitrogens is 2. The van der Waals surface area contributed by atoms with Crippen LogP contribution in [0.2, 0.25) is 0 Å². The van der Waals surface area contributed by atoms with Gasteiger partial charge in [0.2, 0.25) is 0 Å². The average Bonchev–Trinajstić information content (AvgIpc) is 3.18. The summed E-state index contributed by atoms with van der Waals surface area (Å²) in [6.45, 7) is 3.86. The van der Waals surface area contributed by atoms with Crippen LogP contribution in [0.1, 0.15) is 86.5 Å². The smallest absolute Gasteiger partial charge is 0.550 e. The predicted molar refractivity (Wildman–Crippen MR) is 127 cm³/mol. The predicted octanol–water partition coefficient (Wildman–Crippen LogP) is -0.534. The first-order chi connectivity index (χ1) is 16.7. The topological polar surface area (TPSA) is 128 Å². The summed E-state index contributed by atoms with van der Waals surface area (Å²) in [5.74, 6) is -2.19. The second-order valence-corrected chi connectivity index (χ2v) is 9.39. The van der Waals surface area contributed by atoms with E-state index >= 15 is 0 Å². The normalized spacial score (nSPS) is 16.1. The Bertz CT molecular complexity index is 1050. The van der Waals surface area contributed by atoms with Gasteiger partial charge in [0, 0.05) is 30.4 Å². The van der Waals surface area contributed by atoms with Crippen molar-refractivity contribution in [2.24, 2.45) is 0 Å². The number of carboxylic acids is 1. The maximum atomic E-state index is 13.6. The van der Waals surface area contributed by atoms with Gasteiger partial charge in [-0.25, -0.2) is 9.07 Å². The van der Waals surface area contributed by atoms with Gasteiger partial charge in [0.25, 0.3) is 5.91 Å². The molecule has 2 aromatic rings. The fourth-order valence-electron chi connectivity index (χ4n) is 4.46. The molecule has 190 valence electrons. The number of hydrogen-bond acceptors (Lipinski definition) is 6. The molecule has 10 heteroatoms. The summed E-state index contributed by atoms with van der Waals surface area (Å²) < 4.78 is 15.1. The first-order valence-electron chi connectivity index (χ1n) is 12.1. The summed E-state index contributed by atoms with van der Waals surface area (Å²) in [6.07, 6.45) is 5.00. The molecule has 1 amide bonds. The fraction of sp³-hybridized carbons (Fsp3) is 0.500. The van der Waals surface area contributed by atoms with Gasteiger partial charge in [0.15, 0.2) is 5.69 Å². The number of nitrogens with zero attached hydrogens (tertiary/aromatic N) is 2. The van der Waals surface area contributed by atoms with E-state index < -0.39 is 30.4 Å². The number of carbonyl (C=O) groups is 2. The zero-order chi connectivity index (χ0) is 25.5. The summed E-state index contributed by atoms with van der Waals surface area (Å²) in [4.78, 5) is 23.9. The third-order valence-corrected chi connectivity index (χ3v) is 6.16. The number of aliphatic hydroxyl groups excluding tert-OH is 2. The third-order valence-electron chi connectivity index (χ3n) is 6.16. The molecule has 8 nitrogen and oxygen atoms in total. The Hall–Kier alpha value is -2.04. The van der Waals surface area contributed by atoms with E-state index in [1.165, 1.54) is 22.9 Å². The van der Waals surface area contributed by atoms with Crippen molar-refractivity contribution < 1.29 is 58.9 Å². The van der Waals surface area contributed by atoms with Crippen molar-refractivity contribution in [1.29, 1.82) is 0 Å². The number of aliphatic hydroxyl groups is 2. The zero-order valence-electron chi connectivity index (χ0n) is 21.1. The molecule has 1 heterocycles. The van der Waals surface area contributed by atoms with Gasteiger partial charge in [-0.3, -0.25) is 4.79 Å². The molecule has 0 radical (unpaired) electrons. The largest absolute Gasteiger partial charge is 1.00 e.